The van der Waals surface area contributed by atoms with Gasteiger partial charge >= 0.3 is 5.97 Å². The molecule has 2 N–H and O–H groups in total. The number of hydrogen-bond donors (Lipinski definition) is 2. The van der Waals surface area contributed by atoms with Gasteiger partial charge in [0.05, 0.1) is 6.61 Å². The zero-order chi connectivity index (χ0) is 11.8. The van der Waals surface area contributed by atoms with Gasteiger partial charge in [-0.1, -0.05) is 0 Å². The first-order chi connectivity index (χ1) is 7.79. The van der Waals surface area contributed by atoms with Gasteiger partial charge in [0.15, 0.2) is 0 Å². The molecule has 5 heteroatoms. The molecule has 0 aliphatic carbocycles. The average molecular weight is 230 g/mol. The van der Waals surface area contributed by atoms with Gasteiger partial charge in [0.25, 0.3) is 0 Å². The smallest absolute Gasteiger partial charge is 0.324 e. The highest BCUT2D eigenvalue weighted by molar-refractivity contribution is 5.76. The SMILES string of the molecule is CCOC(=O)C1CNCCN1CCCCO. The van der Waals surface area contributed by atoms with E-state index in [1.54, 1.807) is 0 Å². The molecule has 0 radical (unpaired) electrons. The van der Waals surface area contributed by atoms with Gasteiger partial charge in [0.1, 0.15) is 6.04 Å². The van der Waals surface area contributed by atoms with Crippen molar-refractivity contribution in [2.75, 3.05) is 39.4 Å². The first-order valence-corrected chi connectivity index (χ1v) is 6.01. The second-order valence-corrected chi connectivity index (χ2v) is 3.94. The van der Waals surface area contributed by atoms with Crippen LogP contribution in [0.1, 0.15) is 19.8 Å². The third kappa shape index (κ3) is 4.08. The fraction of sp³-hybridized carbons (Fsp3) is 0.909. The van der Waals surface area contributed by atoms with E-state index in [0.717, 1.165) is 32.5 Å². The molecule has 94 valence electrons. The van der Waals surface area contributed by atoms with Crippen molar-refractivity contribution in [3.8, 4) is 0 Å². The number of rotatable bonds is 6. The number of piperazine rings is 1. The van der Waals surface area contributed by atoms with E-state index in [1.165, 1.54) is 0 Å². The Morgan fingerprint density at radius 1 is 1.56 bits per heavy atom. The molecule has 1 unspecified atom stereocenters. The van der Waals surface area contributed by atoms with Crippen molar-refractivity contribution in [3.05, 3.63) is 0 Å². The van der Waals surface area contributed by atoms with Crippen LogP contribution in [0.4, 0.5) is 0 Å². The van der Waals surface area contributed by atoms with Crippen molar-refractivity contribution in [3.63, 3.8) is 0 Å². The van der Waals surface area contributed by atoms with Gasteiger partial charge in [-0.15, -0.1) is 0 Å². The number of esters is 1. The topological polar surface area (TPSA) is 61.8 Å². The van der Waals surface area contributed by atoms with E-state index < -0.39 is 0 Å². The summed E-state index contributed by atoms with van der Waals surface area (Å²) in [5.74, 6) is -0.140. The lowest BCUT2D eigenvalue weighted by atomic mass is 10.1. The van der Waals surface area contributed by atoms with E-state index in [-0.39, 0.29) is 18.6 Å². The lowest BCUT2D eigenvalue weighted by molar-refractivity contribution is -0.150. The van der Waals surface area contributed by atoms with Gasteiger partial charge in [0.2, 0.25) is 0 Å². The molecule has 1 fully saturated rings. The number of nitrogens with one attached hydrogen (secondary N) is 1. The summed E-state index contributed by atoms with van der Waals surface area (Å²) in [6, 6.07) is -0.160. The molecule has 1 heterocycles. The standard InChI is InChI=1S/C11H22N2O3/c1-2-16-11(15)10-9-12-5-7-13(10)6-3-4-8-14/h10,12,14H,2-9H2,1H3. The number of ether oxygens (including phenoxy) is 1. The molecular weight excluding hydrogens is 208 g/mol. The van der Waals surface area contributed by atoms with Crippen LogP contribution < -0.4 is 5.32 Å². The maximum absolute atomic E-state index is 11.7. The first-order valence-electron chi connectivity index (χ1n) is 6.01. The average Bonchev–Trinajstić information content (AvgIpc) is 2.30. The van der Waals surface area contributed by atoms with Crippen LogP contribution in [-0.2, 0) is 9.53 Å². The van der Waals surface area contributed by atoms with Crippen molar-refractivity contribution >= 4 is 5.97 Å². The predicted molar refractivity (Wildman–Crippen MR) is 61.2 cm³/mol. The molecule has 1 atom stereocenters. The Hall–Kier alpha value is -0.650. The summed E-state index contributed by atoms with van der Waals surface area (Å²) in [5, 5.41) is 11.9. The second kappa shape index (κ2) is 7.60. The minimum Gasteiger partial charge on any atom is -0.465 e. The van der Waals surface area contributed by atoms with E-state index in [0.29, 0.717) is 13.2 Å². The predicted octanol–water partition coefficient (Wildman–Crippen LogP) is -0.404. The Kier molecular flexibility index (Phi) is 6.37. The number of hydrogen-bond acceptors (Lipinski definition) is 5. The summed E-state index contributed by atoms with van der Waals surface area (Å²) in [4.78, 5) is 13.8. The summed E-state index contributed by atoms with van der Waals surface area (Å²) in [6.07, 6.45) is 1.71. The number of nitrogens with zero attached hydrogens (tertiary/aromatic N) is 1. The highest BCUT2D eigenvalue weighted by Gasteiger charge is 2.28. The summed E-state index contributed by atoms with van der Waals surface area (Å²) in [6.45, 7) is 5.77. The Balaban J connectivity index is 2.40. The molecule has 0 aromatic carbocycles. The highest BCUT2D eigenvalue weighted by atomic mass is 16.5. The third-order valence-corrected chi connectivity index (χ3v) is 2.77. The molecule has 0 saturated carbocycles. The normalized spacial score (nSPS) is 22.0. The van der Waals surface area contributed by atoms with Crippen molar-refractivity contribution in [1.29, 1.82) is 0 Å². The van der Waals surface area contributed by atoms with E-state index in [1.807, 2.05) is 6.92 Å². The molecule has 0 spiro atoms. The number of carbonyl (C=O) groups excluding carboxylic acids is 1. The highest BCUT2D eigenvalue weighted by Crippen LogP contribution is 2.07. The van der Waals surface area contributed by atoms with Gasteiger partial charge in [-0.2, -0.15) is 0 Å². The maximum atomic E-state index is 11.7. The Morgan fingerprint density at radius 3 is 3.06 bits per heavy atom. The molecule has 0 amide bonds. The molecule has 0 aromatic rings. The zero-order valence-corrected chi connectivity index (χ0v) is 9.95. The van der Waals surface area contributed by atoms with E-state index >= 15 is 0 Å². The molecule has 16 heavy (non-hydrogen) atoms. The fourth-order valence-electron chi connectivity index (χ4n) is 1.91. The van der Waals surface area contributed by atoms with Crippen molar-refractivity contribution in [2.45, 2.75) is 25.8 Å². The van der Waals surface area contributed by atoms with Crippen LogP contribution in [0.25, 0.3) is 0 Å². The molecule has 0 bridgehead atoms. The van der Waals surface area contributed by atoms with Gasteiger partial charge in [-0.25, -0.2) is 0 Å². The Bertz CT molecular complexity index is 211. The number of aliphatic hydroxyl groups excluding tert-OH is 1. The van der Waals surface area contributed by atoms with Crippen molar-refractivity contribution < 1.29 is 14.6 Å². The number of unbranched alkanes of at least 4 members (excludes halogenated alkanes) is 1. The summed E-state index contributed by atoms with van der Waals surface area (Å²) in [7, 11) is 0. The van der Waals surface area contributed by atoms with Gasteiger partial charge in [-0.05, 0) is 26.3 Å². The molecule has 5 nitrogen and oxygen atoms in total. The van der Waals surface area contributed by atoms with Gasteiger partial charge in [0, 0.05) is 26.2 Å². The Morgan fingerprint density at radius 2 is 2.38 bits per heavy atom. The minimum atomic E-state index is -0.160. The van der Waals surface area contributed by atoms with Crippen LogP contribution in [0.2, 0.25) is 0 Å². The van der Waals surface area contributed by atoms with Crippen LogP contribution in [0.3, 0.4) is 0 Å². The molecule has 0 aromatic heterocycles. The van der Waals surface area contributed by atoms with Gasteiger partial charge in [-0.3, -0.25) is 9.69 Å². The molecule has 1 rings (SSSR count). The second-order valence-electron chi connectivity index (χ2n) is 3.94. The number of carbonyl (C=O) groups is 1. The van der Waals surface area contributed by atoms with Crippen LogP contribution in [0.5, 0.6) is 0 Å². The summed E-state index contributed by atoms with van der Waals surface area (Å²) < 4.78 is 5.05. The van der Waals surface area contributed by atoms with E-state index in [9.17, 15) is 4.79 Å². The summed E-state index contributed by atoms with van der Waals surface area (Å²) >= 11 is 0. The monoisotopic (exact) mass is 230 g/mol. The van der Waals surface area contributed by atoms with E-state index in [4.69, 9.17) is 9.84 Å². The van der Waals surface area contributed by atoms with Crippen molar-refractivity contribution in [2.24, 2.45) is 0 Å². The van der Waals surface area contributed by atoms with Crippen LogP contribution in [0, 0.1) is 0 Å². The van der Waals surface area contributed by atoms with Crippen LogP contribution in [-0.4, -0.2) is 61.4 Å². The fourth-order valence-corrected chi connectivity index (χ4v) is 1.91. The van der Waals surface area contributed by atoms with Crippen LogP contribution in [0.15, 0.2) is 0 Å². The lowest BCUT2D eigenvalue weighted by Gasteiger charge is -2.34. The summed E-state index contributed by atoms with van der Waals surface area (Å²) in [5.41, 5.74) is 0. The maximum Gasteiger partial charge on any atom is 0.324 e. The molecule has 1 saturated heterocycles. The Labute approximate surface area is 96.8 Å². The largest absolute Gasteiger partial charge is 0.465 e. The third-order valence-electron chi connectivity index (χ3n) is 2.77. The lowest BCUT2D eigenvalue weighted by Crippen LogP contribution is -2.55. The molecule has 1 aliphatic rings. The van der Waals surface area contributed by atoms with Gasteiger partial charge < -0.3 is 15.2 Å². The van der Waals surface area contributed by atoms with Crippen molar-refractivity contribution in [1.82, 2.24) is 10.2 Å². The first kappa shape index (κ1) is 13.4. The van der Waals surface area contributed by atoms with E-state index in [2.05, 4.69) is 10.2 Å². The minimum absolute atomic E-state index is 0.140. The molecule has 1 aliphatic heterocycles. The molecular formula is C11H22N2O3. The quantitative estimate of drug-likeness (QED) is 0.480. The number of aliphatic hydroxyl groups is 1. The zero-order valence-electron chi connectivity index (χ0n) is 9.95. The van der Waals surface area contributed by atoms with Crippen LogP contribution >= 0.6 is 0 Å².